The van der Waals surface area contributed by atoms with Crippen LogP contribution in [0.5, 0.6) is 5.75 Å². The summed E-state index contributed by atoms with van der Waals surface area (Å²) in [7, 11) is 0. The van der Waals surface area contributed by atoms with Crippen LogP contribution in [0.3, 0.4) is 0 Å². The largest absolute Gasteiger partial charge is 0.491 e. The molecule has 0 bridgehead atoms. The van der Waals surface area contributed by atoms with E-state index in [0.717, 1.165) is 17.9 Å². The van der Waals surface area contributed by atoms with Gasteiger partial charge in [-0.1, -0.05) is 18.2 Å². The van der Waals surface area contributed by atoms with Crippen molar-refractivity contribution in [3.8, 4) is 5.75 Å². The van der Waals surface area contributed by atoms with E-state index >= 15 is 0 Å². The molecule has 0 radical (unpaired) electrons. The first kappa shape index (κ1) is 16.6. The van der Waals surface area contributed by atoms with E-state index in [2.05, 4.69) is 4.98 Å². The first-order chi connectivity index (χ1) is 7.86. The molecule has 2 N–H and O–H groups in total. The van der Waals surface area contributed by atoms with Gasteiger partial charge in [0.05, 0.1) is 12.3 Å². The Hall–Kier alpha value is -1.45. The molecule has 3 nitrogen and oxygen atoms in total. The molecule has 0 aliphatic rings. The van der Waals surface area contributed by atoms with Crippen molar-refractivity contribution < 1.29 is 4.74 Å². The van der Waals surface area contributed by atoms with Gasteiger partial charge in [-0.25, -0.2) is 0 Å². The van der Waals surface area contributed by atoms with Gasteiger partial charge in [0, 0.05) is 18.3 Å². The van der Waals surface area contributed by atoms with E-state index in [9.17, 15) is 0 Å². The van der Waals surface area contributed by atoms with Crippen molar-refractivity contribution >= 4 is 30.5 Å². The Balaban J connectivity index is 0.00000144. The van der Waals surface area contributed by atoms with Crippen molar-refractivity contribution in [2.75, 3.05) is 12.3 Å². The number of hydrogen-bond acceptors (Lipinski definition) is 3. The highest BCUT2D eigenvalue weighted by molar-refractivity contribution is 5.85. The van der Waals surface area contributed by atoms with E-state index in [1.54, 1.807) is 6.20 Å². The molecule has 0 saturated heterocycles. The van der Waals surface area contributed by atoms with Crippen LogP contribution in [-0.2, 0) is 6.42 Å². The van der Waals surface area contributed by atoms with Crippen LogP contribution < -0.4 is 10.5 Å². The lowest BCUT2D eigenvalue weighted by Crippen LogP contribution is -2.04. The zero-order chi connectivity index (χ0) is 11.2. The summed E-state index contributed by atoms with van der Waals surface area (Å²) in [5.41, 5.74) is 7.45. The van der Waals surface area contributed by atoms with Crippen LogP contribution in [-0.4, -0.2) is 11.6 Å². The van der Waals surface area contributed by atoms with Crippen molar-refractivity contribution in [3.05, 3.63) is 54.4 Å². The standard InChI is InChI=1S/C13H14N2O.2ClH/c14-12-6-1-2-7-13(12)16-10-8-11-5-3-4-9-15-11;;/h1-7,9H,8,10,14H2;2*1H. The van der Waals surface area contributed by atoms with Gasteiger partial charge in [-0.05, 0) is 24.3 Å². The third kappa shape index (κ3) is 4.82. The van der Waals surface area contributed by atoms with Crippen molar-refractivity contribution in [3.63, 3.8) is 0 Å². The third-order valence-electron chi connectivity index (χ3n) is 2.26. The zero-order valence-corrected chi connectivity index (χ0v) is 11.4. The number of aromatic nitrogens is 1. The van der Waals surface area contributed by atoms with Crippen LogP contribution >= 0.6 is 24.8 Å². The molecule has 1 heterocycles. The summed E-state index contributed by atoms with van der Waals surface area (Å²) in [6.07, 6.45) is 2.57. The fraction of sp³-hybridized carbons (Fsp3) is 0.154. The van der Waals surface area contributed by atoms with Crippen LogP contribution in [0.1, 0.15) is 5.69 Å². The number of nitrogens with zero attached hydrogens (tertiary/aromatic N) is 1. The average Bonchev–Trinajstić information content (AvgIpc) is 2.33. The number of hydrogen-bond donors (Lipinski definition) is 1. The van der Waals surface area contributed by atoms with Crippen molar-refractivity contribution in [1.82, 2.24) is 4.98 Å². The molecule has 0 unspecified atom stereocenters. The molecule has 1 aromatic carbocycles. The molecule has 18 heavy (non-hydrogen) atoms. The SMILES string of the molecule is Cl.Cl.Nc1ccccc1OCCc1ccccn1. The van der Waals surface area contributed by atoms with Gasteiger partial charge in [-0.2, -0.15) is 0 Å². The smallest absolute Gasteiger partial charge is 0.142 e. The molecule has 2 rings (SSSR count). The molecule has 5 heteroatoms. The van der Waals surface area contributed by atoms with Gasteiger partial charge < -0.3 is 10.5 Å². The number of benzene rings is 1. The lowest BCUT2D eigenvalue weighted by molar-refractivity contribution is 0.322. The predicted molar refractivity (Wildman–Crippen MR) is 78.8 cm³/mol. The van der Waals surface area contributed by atoms with Crippen LogP contribution in [0.15, 0.2) is 48.7 Å². The number of nitrogens with two attached hydrogens (primary N) is 1. The van der Waals surface area contributed by atoms with E-state index < -0.39 is 0 Å². The summed E-state index contributed by atoms with van der Waals surface area (Å²) < 4.78 is 5.58. The molecule has 0 amide bonds. The highest BCUT2D eigenvalue weighted by Crippen LogP contribution is 2.19. The van der Waals surface area contributed by atoms with Gasteiger partial charge in [-0.3, -0.25) is 4.98 Å². The minimum atomic E-state index is 0. The molecule has 0 spiro atoms. The van der Waals surface area contributed by atoms with Gasteiger partial charge in [-0.15, -0.1) is 24.8 Å². The van der Waals surface area contributed by atoms with Gasteiger partial charge in [0.15, 0.2) is 0 Å². The molecule has 1 aromatic heterocycles. The summed E-state index contributed by atoms with van der Waals surface area (Å²) in [6.45, 7) is 0.589. The molecule has 0 atom stereocenters. The fourth-order valence-electron chi connectivity index (χ4n) is 1.42. The maximum Gasteiger partial charge on any atom is 0.142 e. The average molecular weight is 287 g/mol. The molecule has 0 aliphatic carbocycles. The number of halogens is 2. The van der Waals surface area contributed by atoms with Crippen LogP contribution in [0.25, 0.3) is 0 Å². The maximum absolute atomic E-state index is 5.76. The Morgan fingerprint density at radius 1 is 1.00 bits per heavy atom. The van der Waals surface area contributed by atoms with E-state index in [1.165, 1.54) is 0 Å². The Morgan fingerprint density at radius 2 is 1.72 bits per heavy atom. The van der Waals surface area contributed by atoms with E-state index in [1.807, 2.05) is 42.5 Å². The first-order valence-electron chi connectivity index (χ1n) is 5.23. The minimum Gasteiger partial charge on any atom is -0.491 e. The Kier molecular flexibility index (Phi) is 7.92. The van der Waals surface area contributed by atoms with Gasteiger partial charge in [0.2, 0.25) is 0 Å². The predicted octanol–water partition coefficient (Wildman–Crippen LogP) is 3.13. The van der Waals surface area contributed by atoms with Crippen molar-refractivity contribution in [2.24, 2.45) is 0 Å². The van der Waals surface area contributed by atoms with Crippen LogP contribution in [0.2, 0.25) is 0 Å². The number of ether oxygens (including phenoxy) is 1. The van der Waals surface area contributed by atoms with E-state index in [4.69, 9.17) is 10.5 Å². The molecule has 98 valence electrons. The minimum absolute atomic E-state index is 0. The Bertz CT molecular complexity index is 452. The molecule has 0 saturated carbocycles. The van der Waals surface area contributed by atoms with E-state index in [-0.39, 0.29) is 24.8 Å². The molecule has 0 aliphatic heterocycles. The van der Waals surface area contributed by atoms with Crippen molar-refractivity contribution in [1.29, 1.82) is 0 Å². The molecule has 2 aromatic rings. The molecule has 0 fully saturated rings. The zero-order valence-electron chi connectivity index (χ0n) is 9.78. The monoisotopic (exact) mass is 286 g/mol. The summed E-state index contributed by atoms with van der Waals surface area (Å²) in [4.78, 5) is 4.22. The van der Waals surface area contributed by atoms with E-state index in [0.29, 0.717) is 12.3 Å². The van der Waals surface area contributed by atoms with Gasteiger partial charge in [0.25, 0.3) is 0 Å². The fourth-order valence-corrected chi connectivity index (χ4v) is 1.42. The summed E-state index contributed by atoms with van der Waals surface area (Å²) in [5.74, 6) is 0.735. The lowest BCUT2D eigenvalue weighted by Gasteiger charge is -2.07. The molecular weight excluding hydrogens is 271 g/mol. The third-order valence-corrected chi connectivity index (χ3v) is 2.26. The Labute approximate surface area is 119 Å². The first-order valence-corrected chi connectivity index (χ1v) is 5.23. The van der Waals surface area contributed by atoms with Gasteiger partial charge in [0.1, 0.15) is 5.75 Å². The maximum atomic E-state index is 5.76. The van der Waals surface area contributed by atoms with Gasteiger partial charge >= 0.3 is 0 Å². The highest BCUT2D eigenvalue weighted by atomic mass is 35.5. The molecular formula is C13H16Cl2N2O. The number of pyridine rings is 1. The van der Waals surface area contributed by atoms with Crippen molar-refractivity contribution in [2.45, 2.75) is 6.42 Å². The number of anilines is 1. The second-order valence-electron chi connectivity index (χ2n) is 3.46. The van der Waals surface area contributed by atoms with Crippen LogP contribution in [0, 0.1) is 0 Å². The number of rotatable bonds is 4. The topological polar surface area (TPSA) is 48.1 Å². The number of para-hydroxylation sites is 2. The second-order valence-corrected chi connectivity index (χ2v) is 3.46. The summed E-state index contributed by atoms with van der Waals surface area (Å²) in [6, 6.07) is 13.4. The highest BCUT2D eigenvalue weighted by Gasteiger charge is 1.98. The van der Waals surface area contributed by atoms with Crippen LogP contribution in [0.4, 0.5) is 5.69 Å². The second kappa shape index (κ2) is 8.61. The number of nitrogen functional groups attached to an aromatic ring is 1. The lowest BCUT2D eigenvalue weighted by atomic mass is 10.3. The quantitative estimate of drug-likeness (QED) is 0.879. The normalized spacial score (nSPS) is 8.89. The Morgan fingerprint density at radius 3 is 2.39 bits per heavy atom. The summed E-state index contributed by atoms with van der Waals surface area (Å²) >= 11 is 0. The summed E-state index contributed by atoms with van der Waals surface area (Å²) in [5, 5.41) is 0.